The summed E-state index contributed by atoms with van der Waals surface area (Å²) < 4.78 is 18.5. The van der Waals surface area contributed by atoms with Crippen molar-refractivity contribution in [3.8, 4) is 5.75 Å². The van der Waals surface area contributed by atoms with E-state index in [1.807, 2.05) is 6.92 Å². The van der Waals surface area contributed by atoms with Gasteiger partial charge in [-0.3, -0.25) is 4.79 Å². The molecule has 0 saturated heterocycles. The van der Waals surface area contributed by atoms with Crippen LogP contribution in [0.2, 0.25) is 5.02 Å². The summed E-state index contributed by atoms with van der Waals surface area (Å²) in [7, 11) is 0. The first-order chi connectivity index (χ1) is 10.1. The molecular weight excluding hydrogens is 293 g/mol. The fourth-order valence-corrected chi connectivity index (χ4v) is 1.95. The summed E-state index contributed by atoms with van der Waals surface area (Å²) in [6.07, 6.45) is -0.187. The molecule has 0 aliphatic carbocycles. The van der Waals surface area contributed by atoms with E-state index < -0.39 is 6.10 Å². The number of rotatable bonds is 5. The number of hydrogen-bond donors (Lipinski definition) is 1. The quantitative estimate of drug-likeness (QED) is 0.895. The monoisotopic (exact) mass is 307 g/mol. The third-order valence-corrected chi connectivity index (χ3v) is 3.19. The van der Waals surface area contributed by atoms with E-state index >= 15 is 0 Å². The fourth-order valence-electron chi connectivity index (χ4n) is 1.77. The predicted octanol–water partition coefficient (Wildman–Crippen LogP) is 4.28. The number of ether oxygens (including phenoxy) is 1. The Balaban J connectivity index is 2.05. The number of para-hydroxylation sites is 1. The molecule has 0 radical (unpaired) electrons. The number of anilines is 1. The topological polar surface area (TPSA) is 38.3 Å². The molecule has 5 heteroatoms. The van der Waals surface area contributed by atoms with Gasteiger partial charge in [-0.1, -0.05) is 30.7 Å². The summed E-state index contributed by atoms with van der Waals surface area (Å²) in [4.78, 5) is 12.2. The van der Waals surface area contributed by atoms with Gasteiger partial charge in [-0.05, 0) is 42.8 Å². The van der Waals surface area contributed by atoms with Gasteiger partial charge in [-0.25, -0.2) is 4.39 Å². The molecule has 1 amide bonds. The highest BCUT2D eigenvalue weighted by atomic mass is 35.5. The Labute approximate surface area is 127 Å². The van der Waals surface area contributed by atoms with Crippen LogP contribution in [-0.4, -0.2) is 12.0 Å². The van der Waals surface area contributed by atoms with Gasteiger partial charge in [0.25, 0.3) is 5.91 Å². The number of halogens is 2. The highest BCUT2D eigenvalue weighted by Gasteiger charge is 2.19. The lowest BCUT2D eigenvalue weighted by atomic mass is 10.2. The Morgan fingerprint density at radius 1 is 1.24 bits per heavy atom. The molecule has 0 aliphatic heterocycles. The van der Waals surface area contributed by atoms with E-state index in [9.17, 15) is 9.18 Å². The van der Waals surface area contributed by atoms with Crippen molar-refractivity contribution in [2.24, 2.45) is 0 Å². The van der Waals surface area contributed by atoms with E-state index in [-0.39, 0.29) is 11.7 Å². The lowest BCUT2D eigenvalue weighted by Gasteiger charge is -2.18. The average molecular weight is 308 g/mol. The van der Waals surface area contributed by atoms with Crippen molar-refractivity contribution in [1.29, 1.82) is 0 Å². The number of benzene rings is 2. The lowest BCUT2D eigenvalue weighted by Crippen LogP contribution is -2.32. The molecule has 2 aromatic carbocycles. The molecule has 0 aromatic heterocycles. The first-order valence-electron chi connectivity index (χ1n) is 6.57. The highest BCUT2D eigenvalue weighted by molar-refractivity contribution is 6.32. The summed E-state index contributed by atoms with van der Waals surface area (Å²) in [5.41, 5.74) is 0.516. The van der Waals surface area contributed by atoms with Gasteiger partial charge in [-0.15, -0.1) is 0 Å². The van der Waals surface area contributed by atoms with Gasteiger partial charge in [0.05, 0.1) is 5.02 Å². The van der Waals surface area contributed by atoms with Crippen LogP contribution < -0.4 is 10.1 Å². The standard InChI is InChI=1S/C16H15ClFNO2/c1-2-14(21-15-6-4-3-5-13(15)17)16(20)19-12-9-7-11(18)8-10-12/h3-10,14H,2H2,1H3,(H,19,20). The molecule has 1 atom stereocenters. The van der Waals surface area contributed by atoms with E-state index in [1.54, 1.807) is 24.3 Å². The predicted molar refractivity (Wildman–Crippen MR) is 81.2 cm³/mol. The van der Waals surface area contributed by atoms with Crippen molar-refractivity contribution >= 4 is 23.2 Å². The maximum Gasteiger partial charge on any atom is 0.265 e. The number of amides is 1. The third-order valence-electron chi connectivity index (χ3n) is 2.88. The van der Waals surface area contributed by atoms with Crippen molar-refractivity contribution in [2.75, 3.05) is 5.32 Å². The van der Waals surface area contributed by atoms with E-state index in [1.165, 1.54) is 24.3 Å². The van der Waals surface area contributed by atoms with Crippen LogP contribution in [-0.2, 0) is 4.79 Å². The first-order valence-corrected chi connectivity index (χ1v) is 6.95. The summed E-state index contributed by atoms with van der Waals surface area (Å²) in [5, 5.41) is 3.14. The molecule has 21 heavy (non-hydrogen) atoms. The normalized spacial score (nSPS) is 11.8. The number of carbonyl (C=O) groups is 1. The minimum absolute atomic E-state index is 0.302. The van der Waals surface area contributed by atoms with Crippen molar-refractivity contribution in [1.82, 2.24) is 0 Å². The maximum absolute atomic E-state index is 12.8. The molecule has 3 nitrogen and oxygen atoms in total. The summed E-state index contributed by atoms with van der Waals surface area (Å²) in [6.45, 7) is 1.84. The number of hydrogen-bond acceptors (Lipinski definition) is 2. The Morgan fingerprint density at radius 2 is 1.90 bits per heavy atom. The van der Waals surface area contributed by atoms with E-state index in [4.69, 9.17) is 16.3 Å². The SMILES string of the molecule is CCC(Oc1ccccc1Cl)C(=O)Nc1ccc(F)cc1. The van der Waals surface area contributed by atoms with Crippen LogP contribution in [0.1, 0.15) is 13.3 Å². The Kier molecular flexibility index (Phi) is 5.17. The molecule has 1 N–H and O–H groups in total. The van der Waals surface area contributed by atoms with Crippen LogP contribution in [0, 0.1) is 5.82 Å². The Hall–Kier alpha value is -2.07. The van der Waals surface area contributed by atoms with E-state index in [2.05, 4.69) is 5.32 Å². The maximum atomic E-state index is 12.8. The zero-order valence-corrected chi connectivity index (χ0v) is 12.2. The van der Waals surface area contributed by atoms with Crippen molar-refractivity contribution in [3.63, 3.8) is 0 Å². The van der Waals surface area contributed by atoms with Crippen molar-refractivity contribution in [2.45, 2.75) is 19.4 Å². The smallest absolute Gasteiger partial charge is 0.265 e. The summed E-state index contributed by atoms with van der Waals surface area (Å²) in [5.74, 6) is -0.198. The minimum atomic E-state index is -0.671. The molecule has 0 aliphatic rings. The van der Waals surface area contributed by atoms with Crippen LogP contribution in [0.5, 0.6) is 5.75 Å². The summed E-state index contributed by atoms with van der Waals surface area (Å²) in [6, 6.07) is 12.5. The van der Waals surface area contributed by atoms with Gasteiger partial charge in [0.15, 0.2) is 6.10 Å². The second-order valence-corrected chi connectivity index (χ2v) is 4.85. The van der Waals surface area contributed by atoms with Gasteiger partial charge in [-0.2, -0.15) is 0 Å². The van der Waals surface area contributed by atoms with Gasteiger partial charge >= 0.3 is 0 Å². The first kappa shape index (κ1) is 15.3. The molecule has 2 aromatic rings. The zero-order chi connectivity index (χ0) is 15.2. The zero-order valence-electron chi connectivity index (χ0n) is 11.5. The molecular formula is C16H15ClFNO2. The van der Waals surface area contributed by atoms with Crippen molar-refractivity contribution < 1.29 is 13.9 Å². The lowest BCUT2D eigenvalue weighted by molar-refractivity contribution is -0.122. The van der Waals surface area contributed by atoms with E-state index in [0.29, 0.717) is 22.9 Å². The average Bonchev–Trinajstić information content (AvgIpc) is 2.48. The fraction of sp³-hybridized carbons (Fsp3) is 0.188. The second kappa shape index (κ2) is 7.09. The number of carbonyl (C=O) groups excluding carboxylic acids is 1. The van der Waals surface area contributed by atoms with Crippen LogP contribution in [0.25, 0.3) is 0 Å². The molecule has 0 heterocycles. The molecule has 0 saturated carbocycles. The summed E-state index contributed by atoms with van der Waals surface area (Å²) >= 11 is 6.01. The second-order valence-electron chi connectivity index (χ2n) is 4.44. The van der Waals surface area contributed by atoms with Crippen molar-refractivity contribution in [3.05, 3.63) is 59.4 Å². The third kappa shape index (κ3) is 4.20. The van der Waals surface area contributed by atoms with Gasteiger partial charge < -0.3 is 10.1 Å². The van der Waals surface area contributed by atoms with Crippen LogP contribution in [0.3, 0.4) is 0 Å². The van der Waals surface area contributed by atoms with Gasteiger partial charge in [0.2, 0.25) is 0 Å². The molecule has 1 unspecified atom stereocenters. The molecule has 0 bridgehead atoms. The molecule has 110 valence electrons. The largest absolute Gasteiger partial charge is 0.479 e. The van der Waals surface area contributed by atoms with Gasteiger partial charge in [0, 0.05) is 5.69 Å². The Bertz CT molecular complexity index is 616. The minimum Gasteiger partial charge on any atom is -0.479 e. The highest BCUT2D eigenvalue weighted by Crippen LogP contribution is 2.25. The van der Waals surface area contributed by atoms with E-state index in [0.717, 1.165) is 0 Å². The molecule has 0 fully saturated rings. The Morgan fingerprint density at radius 3 is 2.52 bits per heavy atom. The van der Waals surface area contributed by atoms with Crippen LogP contribution in [0.15, 0.2) is 48.5 Å². The molecule has 0 spiro atoms. The molecule has 2 rings (SSSR count). The number of nitrogens with one attached hydrogen (secondary N) is 1. The van der Waals surface area contributed by atoms with Crippen LogP contribution in [0.4, 0.5) is 10.1 Å². The van der Waals surface area contributed by atoms with Crippen LogP contribution >= 0.6 is 11.6 Å². The van der Waals surface area contributed by atoms with Gasteiger partial charge in [0.1, 0.15) is 11.6 Å².